The quantitative estimate of drug-likeness (QED) is 0.827. The highest BCUT2D eigenvalue weighted by Gasteiger charge is 2.35. The van der Waals surface area contributed by atoms with E-state index in [1.807, 2.05) is 6.07 Å². The molecule has 1 aromatic rings. The van der Waals surface area contributed by atoms with Crippen LogP contribution in [0.1, 0.15) is 24.8 Å². The third kappa shape index (κ3) is 2.86. The lowest BCUT2D eigenvalue weighted by atomic mass is 10.0. The van der Waals surface area contributed by atoms with E-state index in [0.29, 0.717) is 19.1 Å². The van der Waals surface area contributed by atoms with Crippen LogP contribution < -0.4 is 0 Å². The topological polar surface area (TPSA) is 64.4 Å². The summed E-state index contributed by atoms with van der Waals surface area (Å²) < 4.78 is 27.1. The van der Waals surface area contributed by atoms with Crippen LogP contribution in [-0.2, 0) is 10.0 Å². The normalized spacial score (nSPS) is 23.7. The molecule has 7 heteroatoms. The fourth-order valence-electron chi connectivity index (χ4n) is 3.24. The summed E-state index contributed by atoms with van der Waals surface area (Å²) in [5, 5.41) is 9.07. The Morgan fingerprint density at radius 3 is 2.77 bits per heavy atom. The molecule has 0 amide bonds. The zero-order chi connectivity index (χ0) is 15.7. The second-order valence-electron chi connectivity index (χ2n) is 5.80. The van der Waals surface area contributed by atoms with Gasteiger partial charge in [0.15, 0.2) is 0 Å². The van der Waals surface area contributed by atoms with Crippen molar-refractivity contribution in [3.63, 3.8) is 0 Å². The maximum atomic E-state index is 12.8. The Hall–Kier alpha value is -1.13. The van der Waals surface area contributed by atoms with E-state index < -0.39 is 10.0 Å². The molecule has 2 fully saturated rings. The number of sulfonamides is 1. The van der Waals surface area contributed by atoms with Crippen LogP contribution in [0.25, 0.3) is 0 Å². The van der Waals surface area contributed by atoms with Crippen LogP contribution in [0.5, 0.6) is 0 Å². The molecule has 0 bridgehead atoms. The molecule has 1 unspecified atom stereocenters. The van der Waals surface area contributed by atoms with Crippen LogP contribution in [0.2, 0.25) is 5.02 Å². The molecule has 2 saturated heterocycles. The predicted molar refractivity (Wildman–Crippen MR) is 84.1 cm³/mol. The molecule has 22 heavy (non-hydrogen) atoms. The Morgan fingerprint density at radius 2 is 2.05 bits per heavy atom. The highest BCUT2D eigenvalue weighted by atomic mass is 35.5. The van der Waals surface area contributed by atoms with E-state index in [0.717, 1.165) is 25.9 Å². The van der Waals surface area contributed by atoms with Gasteiger partial charge in [-0.3, -0.25) is 4.90 Å². The SMILES string of the molecule is N#Cc1ccc(S(=O)(=O)N2CCN3CCCCC3C2)cc1Cl. The lowest BCUT2D eigenvalue weighted by Gasteiger charge is -2.43. The zero-order valence-electron chi connectivity index (χ0n) is 12.2. The molecule has 2 aliphatic heterocycles. The first-order valence-electron chi connectivity index (χ1n) is 7.46. The summed E-state index contributed by atoms with van der Waals surface area (Å²) in [7, 11) is -3.55. The highest BCUT2D eigenvalue weighted by Crippen LogP contribution is 2.27. The molecule has 118 valence electrons. The molecule has 2 aliphatic rings. The summed E-state index contributed by atoms with van der Waals surface area (Å²) in [5.41, 5.74) is 0.290. The standard InChI is InChI=1S/C15H18ClN3O2S/c16-15-9-14(5-4-12(15)10-17)22(20,21)19-8-7-18-6-2-1-3-13(18)11-19/h4-5,9,13H,1-3,6-8,11H2. The van der Waals surface area contributed by atoms with Crippen LogP contribution >= 0.6 is 11.6 Å². The van der Waals surface area contributed by atoms with Crippen LogP contribution in [-0.4, -0.2) is 49.8 Å². The minimum absolute atomic E-state index is 0.167. The van der Waals surface area contributed by atoms with Crippen LogP contribution in [0.15, 0.2) is 23.1 Å². The molecule has 0 spiro atoms. The Bertz CT molecular complexity index is 714. The fraction of sp³-hybridized carbons (Fsp3) is 0.533. The lowest BCUT2D eigenvalue weighted by Crippen LogP contribution is -2.56. The summed E-state index contributed by atoms with van der Waals surface area (Å²) in [6.45, 7) is 2.91. The van der Waals surface area contributed by atoms with Crippen LogP contribution in [0.4, 0.5) is 0 Å². The average Bonchev–Trinajstić information content (AvgIpc) is 2.54. The van der Waals surface area contributed by atoms with Crippen molar-refractivity contribution in [1.82, 2.24) is 9.21 Å². The molecule has 0 aromatic heterocycles. The van der Waals surface area contributed by atoms with Crippen molar-refractivity contribution in [3.8, 4) is 6.07 Å². The number of benzene rings is 1. The number of piperazine rings is 1. The molecular weight excluding hydrogens is 322 g/mol. The lowest BCUT2D eigenvalue weighted by molar-refractivity contribution is 0.0852. The van der Waals surface area contributed by atoms with Crippen molar-refractivity contribution in [2.45, 2.75) is 30.2 Å². The van der Waals surface area contributed by atoms with Gasteiger partial charge in [-0.15, -0.1) is 0 Å². The predicted octanol–water partition coefficient (Wildman–Crippen LogP) is 2.07. The molecule has 1 aromatic carbocycles. The number of rotatable bonds is 2. The van der Waals surface area contributed by atoms with Crippen molar-refractivity contribution in [2.75, 3.05) is 26.2 Å². The number of hydrogen-bond acceptors (Lipinski definition) is 4. The molecule has 5 nitrogen and oxygen atoms in total. The molecule has 0 radical (unpaired) electrons. The van der Waals surface area contributed by atoms with Gasteiger partial charge in [0, 0.05) is 25.7 Å². The van der Waals surface area contributed by atoms with Gasteiger partial charge in [-0.25, -0.2) is 8.42 Å². The third-order valence-corrected chi connectivity index (χ3v) is 6.67. The largest absolute Gasteiger partial charge is 0.298 e. The minimum Gasteiger partial charge on any atom is -0.298 e. The number of nitrogens with zero attached hydrogens (tertiary/aromatic N) is 3. The monoisotopic (exact) mass is 339 g/mol. The Morgan fingerprint density at radius 1 is 1.23 bits per heavy atom. The van der Waals surface area contributed by atoms with Gasteiger partial charge >= 0.3 is 0 Å². The fourth-order valence-corrected chi connectivity index (χ4v) is 5.02. The maximum absolute atomic E-state index is 12.8. The molecule has 0 aliphatic carbocycles. The van der Waals surface area contributed by atoms with Crippen LogP contribution in [0.3, 0.4) is 0 Å². The molecular formula is C15H18ClN3O2S. The maximum Gasteiger partial charge on any atom is 0.243 e. The van der Waals surface area contributed by atoms with Gasteiger partial charge in [0.2, 0.25) is 10.0 Å². The van der Waals surface area contributed by atoms with Gasteiger partial charge in [0.05, 0.1) is 15.5 Å². The average molecular weight is 340 g/mol. The number of hydrogen-bond donors (Lipinski definition) is 0. The second-order valence-corrected chi connectivity index (χ2v) is 8.15. The zero-order valence-corrected chi connectivity index (χ0v) is 13.8. The molecule has 0 saturated carbocycles. The van der Waals surface area contributed by atoms with E-state index in [2.05, 4.69) is 4.90 Å². The van der Waals surface area contributed by atoms with E-state index in [1.54, 1.807) is 4.31 Å². The van der Waals surface area contributed by atoms with Crippen molar-refractivity contribution in [1.29, 1.82) is 5.26 Å². The Labute approximate surface area is 136 Å². The van der Waals surface area contributed by atoms with Gasteiger partial charge in [-0.1, -0.05) is 18.0 Å². The first-order valence-corrected chi connectivity index (χ1v) is 9.28. The number of piperidine rings is 1. The summed E-state index contributed by atoms with van der Waals surface area (Å²) in [6.07, 6.45) is 3.42. The van der Waals surface area contributed by atoms with E-state index >= 15 is 0 Å². The first kappa shape index (κ1) is 15.8. The smallest absolute Gasteiger partial charge is 0.243 e. The molecule has 2 heterocycles. The Kier molecular flexibility index (Phi) is 4.42. The molecule has 3 rings (SSSR count). The first-order chi connectivity index (χ1) is 10.5. The third-order valence-electron chi connectivity index (χ3n) is 4.50. The van der Waals surface area contributed by atoms with E-state index in [1.165, 1.54) is 24.6 Å². The van der Waals surface area contributed by atoms with E-state index in [9.17, 15) is 8.42 Å². The van der Waals surface area contributed by atoms with Crippen molar-refractivity contribution in [2.24, 2.45) is 0 Å². The number of fused-ring (bicyclic) bond motifs is 1. The van der Waals surface area contributed by atoms with Gasteiger partial charge in [0.25, 0.3) is 0 Å². The summed E-state index contributed by atoms with van der Waals surface area (Å²) in [4.78, 5) is 2.56. The minimum atomic E-state index is -3.55. The number of halogens is 1. The van der Waals surface area contributed by atoms with Gasteiger partial charge in [0.1, 0.15) is 6.07 Å². The highest BCUT2D eigenvalue weighted by molar-refractivity contribution is 7.89. The molecule has 0 N–H and O–H groups in total. The van der Waals surface area contributed by atoms with Crippen molar-refractivity contribution < 1.29 is 8.42 Å². The van der Waals surface area contributed by atoms with Gasteiger partial charge in [-0.05, 0) is 37.6 Å². The van der Waals surface area contributed by atoms with Crippen molar-refractivity contribution in [3.05, 3.63) is 28.8 Å². The number of nitriles is 1. The molecule has 1 atom stereocenters. The van der Waals surface area contributed by atoms with Crippen molar-refractivity contribution >= 4 is 21.6 Å². The van der Waals surface area contributed by atoms with Gasteiger partial charge < -0.3 is 0 Å². The van der Waals surface area contributed by atoms with E-state index in [-0.39, 0.29) is 15.5 Å². The Balaban J connectivity index is 1.84. The second kappa shape index (κ2) is 6.17. The van der Waals surface area contributed by atoms with E-state index in [4.69, 9.17) is 16.9 Å². The van der Waals surface area contributed by atoms with Gasteiger partial charge in [-0.2, -0.15) is 9.57 Å². The van der Waals surface area contributed by atoms with Crippen LogP contribution in [0, 0.1) is 11.3 Å². The summed E-state index contributed by atoms with van der Waals surface area (Å²) in [6, 6.07) is 6.58. The summed E-state index contributed by atoms with van der Waals surface area (Å²) in [5.74, 6) is 0. The summed E-state index contributed by atoms with van der Waals surface area (Å²) >= 11 is 5.97.